The van der Waals surface area contributed by atoms with E-state index in [0.29, 0.717) is 11.3 Å². The Morgan fingerprint density at radius 1 is 0.947 bits per heavy atom. The fourth-order valence-corrected chi connectivity index (χ4v) is 2.03. The number of Topliss-reactive ketones (excluding diaryl/α,β-unsaturated/α-hetero) is 1. The van der Waals surface area contributed by atoms with Crippen LogP contribution in [0.2, 0.25) is 0 Å². The third-order valence-electron chi connectivity index (χ3n) is 3.00. The van der Waals surface area contributed by atoms with E-state index in [1.807, 2.05) is 36.4 Å². The summed E-state index contributed by atoms with van der Waals surface area (Å²) in [4.78, 5) is 11.5. The van der Waals surface area contributed by atoms with Gasteiger partial charge in [0.1, 0.15) is 11.5 Å². The third-order valence-corrected chi connectivity index (χ3v) is 3.00. The van der Waals surface area contributed by atoms with Gasteiger partial charge in [-0.05, 0) is 30.7 Å². The van der Waals surface area contributed by atoms with E-state index in [2.05, 4.69) is 0 Å². The van der Waals surface area contributed by atoms with Gasteiger partial charge in [0.05, 0.1) is 19.8 Å². The first-order chi connectivity index (χ1) is 9.17. The number of hydrogen-bond acceptors (Lipinski definition) is 3. The number of methoxy groups -OCH3 is 2. The first kappa shape index (κ1) is 13.1. The minimum Gasteiger partial charge on any atom is -0.496 e. The van der Waals surface area contributed by atoms with Crippen molar-refractivity contribution in [2.45, 2.75) is 6.92 Å². The van der Waals surface area contributed by atoms with Gasteiger partial charge in [-0.3, -0.25) is 4.79 Å². The molecule has 0 aliphatic rings. The second-order valence-electron chi connectivity index (χ2n) is 4.17. The highest BCUT2D eigenvalue weighted by atomic mass is 16.5. The number of para-hydroxylation sites is 1. The molecule has 0 amide bonds. The molecule has 2 aromatic rings. The van der Waals surface area contributed by atoms with E-state index >= 15 is 0 Å². The average molecular weight is 256 g/mol. The molecule has 0 spiro atoms. The number of ketones is 1. The van der Waals surface area contributed by atoms with E-state index in [0.717, 1.165) is 16.9 Å². The summed E-state index contributed by atoms with van der Waals surface area (Å²) in [5.41, 5.74) is 2.51. The van der Waals surface area contributed by atoms with Crippen LogP contribution >= 0.6 is 0 Å². The van der Waals surface area contributed by atoms with E-state index in [1.54, 1.807) is 20.3 Å². The maximum absolute atomic E-state index is 11.5. The maximum Gasteiger partial charge on any atom is 0.163 e. The summed E-state index contributed by atoms with van der Waals surface area (Å²) in [5, 5.41) is 0. The van der Waals surface area contributed by atoms with Crippen LogP contribution in [0.15, 0.2) is 42.5 Å². The number of benzene rings is 2. The molecule has 3 heteroatoms. The number of rotatable bonds is 4. The highest BCUT2D eigenvalue weighted by molar-refractivity contribution is 5.97. The van der Waals surface area contributed by atoms with E-state index in [1.165, 1.54) is 6.92 Å². The number of carbonyl (C=O) groups is 1. The highest BCUT2D eigenvalue weighted by Crippen LogP contribution is 2.33. The van der Waals surface area contributed by atoms with Crippen LogP contribution in [0.4, 0.5) is 0 Å². The molecule has 98 valence electrons. The molecule has 0 radical (unpaired) electrons. The van der Waals surface area contributed by atoms with Gasteiger partial charge < -0.3 is 9.47 Å². The largest absolute Gasteiger partial charge is 0.496 e. The molecule has 0 atom stereocenters. The third kappa shape index (κ3) is 2.60. The Kier molecular flexibility index (Phi) is 3.85. The van der Waals surface area contributed by atoms with Gasteiger partial charge in [0, 0.05) is 5.56 Å². The van der Waals surface area contributed by atoms with Gasteiger partial charge in [0.25, 0.3) is 0 Å². The Morgan fingerprint density at radius 3 is 2.26 bits per heavy atom. The van der Waals surface area contributed by atoms with Crippen LogP contribution in [0, 0.1) is 0 Å². The molecule has 0 heterocycles. The Hall–Kier alpha value is -2.29. The van der Waals surface area contributed by atoms with Crippen molar-refractivity contribution >= 4 is 5.78 Å². The first-order valence-corrected chi connectivity index (χ1v) is 5.99. The fourth-order valence-electron chi connectivity index (χ4n) is 2.03. The summed E-state index contributed by atoms with van der Waals surface area (Å²) >= 11 is 0. The first-order valence-electron chi connectivity index (χ1n) is 5.99. The van der Waals surface area contributed by atoms with Crippen molar-refractivity contribution in [3.63, 3.8) is 0 Å². The summed E-state index contributed by atoms with van der Waals surface area (Å²) in [6, 6.07) is 13.3. The smallest absolute Gasteiger partial charge is 0.163 e. The van der Waals surface area contributed by atoms with Crippen LogP contribution < -0.4 is 9.47 Å². The molecule has 2 rings (SSSR count). The lowest BCUT2D eigenvalue weighted by Crippen LogP contribution is -1.98. The van der Waals surface area contributed by atoms with Crippen LogP contribution in [0.5, 0.6) is 11.5 Å². The van der Waals surface area contributed by atoms with Crippen LogP contribution in [-0.2, 0) is 0 Å². The average Bonchev–Trinajstić information content (AvgIpc) is 2.46. The zero-order valence-corrected chi connectivity index (χ0v) is 11.3. The molecular formula is C16H16O3. The zero-order valence-electron chi connectivity index (χ0n) is 11.3. The molecule has 0 fully saturated rings. The van der Waals surface area contributed by atoms with Gasteiger partial charge >= 0.3 is 0 Å². The van der Waals surface area contributed by atoms with Crippen molar-refractivity contribution < 1.29 is 14.3 Å². The van der Waals surface area contributed by atoms with Crippen molar-refractivity contribution in [3.8, 4) is 22.6 Å². The molecule has 3 nitrogen and oxygen atoms in total. The number of carbonyl (C=O) groups excluding carboxylic acids is 1. The number of hydrogen-bond donors (Lipinski definition) is 0. The fraction of sp³-hybridized carbons (Fsp3) is 0.188. The summed E-state index contributed by atoms with van der Waals surface area (Å²) in [5.74, 6) is 1.36. The molecule has 0 aromatic heterocycles. The van der Waals surface area contributed by atoms with Gasteiger partial charge in [-0.2, -0.15) is 0 Å². The molecule has 0 N–H and O–H groups in total. The molecule has 0 saturated heterocycles. The van der Waals surface area contributed by atoms with Crippen LogP contribution in [-0.4, -0.2) is 20.0 Å². The highest BCUT2D eigenvalue weighted by Gasteiger charge is 2.11. The lowest BCUT2D eigenvalue weighted by molar-refractivity contribution is 0.101. The Bertz CT molecular complexity index is 603. The minimum atomic E-state index is -0.0107. The molecular weight excluding hydrogens is 240 g/mol. The predicted molar refractivity (Wildman–Crippen MR) is 75.0 cm³/mol. The van der Waals surface area contributed by atoms with Gasteiger partial charge in [-0.15, -0.1) is 0 Å². The molecule has 19 heavy (non-hydrogen) atoms. The lowest BCUT2D eigenvalue weighted by atomic mass is 10.0. The van der Waals surface area contributed by atoms with E-state index < -0.39 is 0 Å². The second kappa shape index (κ2) is 5.57. The molecule has 0 aliphatic heterocycles. The standard InChI is InChI=1S/C16H16O3/c1-11(17)13-9-8-12(10-16(13)19-3)14-6-4-5-7-15(14)18-2/h4-10H,1-3H3. The Morgan fingerprint density at radius 2 is 1.63 bits per heavy atom. The van der Waals surface area contributed by atoms with Crippen LogP contribution in [0.1, 0.15) is 17.3 Å². The second-order valence-corrected chi connectivity index (χ2v) is 4.17. The maximum atomic E-state index is 11.5. The number of ether oxygens (including phenoxy) is 2. The monoisotopic (exact) mass is 256 g/mol. The van der Waals surface area contributed by atoms with Crippen molar-refractivity contribution in [2.75, 3.05) is 14.2 Å². The normalized spacial score (nSPS) is 10.1. The summed E-state index contributed by atoms with van der Waals surface area (Å²) in [6.07, 6.45) is 0. The topological polar surface area (TPSA) is 35.5 Å². The van der Waals surface area contributed by atoms with E-state index in [-0.39, 0.29) is 5.78 Å². The predicted octanol–water partition coefficient (Wildman–Crippen LogP) is 3.57. The quantitative estimate of drug-likeness (QED) is 0.784. The Labute approximate surface area is 112 Å². The van der Waals surface area contributed by atoms with Gasteiger partial charge in [0.2, 0.25) is 0 Å². The van der Waals surface area contributed by atoms with E-state index in [9.17, 15) is 4.79 Å². The summed E-state index contributed by atoms with van der Waals surface area (Å²) in [6.45, 7) is 1.53. The summed E-state index contributed by atoms with van der Waals surface area (Å²) in [7, 11) is 3.20. The molecule has 0 saturated carbocycles. The zero-order chi connectivity index (χ0) is 13.8. The molecule has 0 bridgehead atoms. The van der Waals surface area contributed by atoms with Gasteiger partial charge in [-0.25, -0.2) is 0 Å². The molecule has 0 aliphatic carbocycles. The lowest BCUT2D eigenvalue weighted by Gasteiger charge is -2.11. The minimum absolute atomic E-state index is 0.0107. The van der Waals surface area contributed by atoms with Crippen molar-refractivity contribution in [3.05, 3.63) is 48.0 Å². The Balaban J connectivity index is 2.55. The van der Waals surface area contributed by atoms with Gasteiger partial charge in [0.15, 0.2) is 5.78 Å². The molecule has 0 unspecified atom stereocenters. The van der Waals surface area contributed by atoms with Crippen molar-refractivity contribution in [1.29, 1.82) is 0 Å². The van der Waals surface area contributed by atoms with Crippen LogP contribution in [0.3, 0.4) is 0 Å². The van der Waals surface area contributed by atoms with Crippen molar-refractivity contribution in [1.82, 2.24) is 0 Å². The van der Waals surface area contributed by atoms with E-state index in [4.69, 9.17) is 9.47 Å². The van der Waals surface area contributed by atoms with Gasteiger partial charge in [-0.1, -0.05) is 24.3 Å². The summed E-state index contributed by atoms with van der Waals surface area (Å²) < 4.78 is 10.6. The SMILES string of the molecule is COc1cc(-c2ccccc2OC)ccc1C(C)=O. The molecule has 2 aromatic carbocycles. The van der Waals surface area contributed by atoms with Crippen LogP contribution in [0.25, 0.3) is 11.1 Å². The van der Waals surface area contributed by atoms with Crippen molar-refractivity contribution in [2.24, 2.45) is 0 Å².